The molecule has 0 saturated carbocycles. The number of hydrogen-bond acceptors (Lipinski definition) is 6. The summed E-state index contributed by atoms with van der Waals surface area (Å²) in [5.74, 6) is -0.924. The molecule has 8 nitrogen and oxygen atoms in total. The van der Waals surface area contributed by atoms with Gasteiger partial charge in [0.15, 0.2) is 0 Å². The summed E-state index contributed by atoms with van der Waals surface area (Å²) in [4.78, 5) is 22.3. The zero-order chi connectivity index (χ0) is 23.1. The Morgan fingerprint density at radius 3 is 2.59 bits per heavy atom. The van der Waals surface area contributed by atoms with Crippen LogP contribution in [0.3, 0.4) is 0 Å². The summed E-state index contributed by atoms with van der Waals surface area (Å²) >= 11 is 2.09. The van der Waals surface area contributed by atoms with Crippen LogP contribution >= 0.6 is 22.6 Å². The van der Waals surface area contributed by atoms with Crippen LogP contribution in [0.15, 0.2) is 65.8 Å². The number of amides is 1. The molecule has 1 N–H and O–H groups in total. The molecule has 0 spiro atoms. The molecule has 160 valence electrons. The molecule has 0 aliphatic carbocycles. The van der Waals surface area contributed by atoms with Crippen molar-refractivity contribution in [1.82, 2.24) is 5.43 Å². The number of nitrogens with zero attached hydrogens (tertiary/aromatic N) is 3. The lowest BCUT2D eigenvalue weighted by Crippen LogP contribution is -2.19. The van der Waals surface area contributed by atoms with Crippen molar-refractivity contribution in [2.75, 3.05) is 0 Å². The van der Waals surface area contributed by atoms with Crippen LogP contribution in [-0.4, -0.2) is 17.0 Å². The van der Waals surface area contributed by atoms with Gasteiger partial charge in [0.25, 0.3) is 11.6 Å². The van der Waals surface area contributed by atoms with Crippen LogP contribution in [0.4, 0.5) is 10.1 Å². The molecule has 0 fully saturated rings. The van der Waals surface area contributed by atoms with Crippen molar-refractivity contribution in [2.45, 2.75) is 6.61 Å². The monoisotopic (exact) mass is 544 g/mol. The molecule has 0 atom stereocenters. The molecule has 3 rings (SSSR count). The zero-order valence-electron chi connectivity index (χ0n) is 16.3. The minimum Gasteiger partial charge on any atom is -0.488 e. The highest BCUT2D eigenvalue weighted by Crippen LogP contribution is 2.23. The topological polar surface area (TPSA) is 118 Å². The first kappa shape index (κ1) is 22.8. The summed E-state index contributed by atoms with van der Waals surface area (Å²) in [6.45, 7) is 0.244. The number of nitro benzene ring substituents is 1. The van der Waals surface area contributed by atoms with Crippen LogP contribution in [0.5, 0.6) is 5.75 Å². The highest BCUT2D eigenvalue weighted by atomic mass is 127. The molecule has 3 aromatic rings. The molecule has 3 aromatic carbocycles. The van der Waals surface area contributed by atoms with E-state index < -0.39 is 16.6 Å². The second-order valence-corrected chi connectivity index (χ2v) is 7.57. The van der Waals surface area contributed by atoms with Gasteiger partial charge in [0.1, 0.15) is 18.2 Å². The summed E-state index contributed by atoms with van der Waals surface area (Å²) < 4.78 is 20.4. The van der Waals surface area contributed by atoms with Crippen LogP contribution in [0.25, 0.3) is 0 Å². The maximum Gasteiger partial charge on any atom is 0.274 e. The number of nitro groups is 1. The van der Waals surface area contributed by atoms with E-state index >= 15 is 0 Å². The number of hydrogen-bond donors (Lipinski definition) is 1. The normalized spacial score (nSPS) is 10.5. The lowest BCUT2D eigenvalue weighted by Gasteiger charge is -2.09. The van der Waals surface area contributed by atoms with Gasteiger partial charge in [-0.05, 0) is 82.2 Å². The average Bonchev–Trinajstić information content (AvgIpc) is 2.78. The van der Waals surface area contributed by atoms with E-state index in [2.05, 4.69) is 33.1 Å². The van der Waals surface area contributed by atoms with E-state index in [-0.39, 0.29) is 23.4 Å². The van der Waals surface area contributed by atoms with Gasteiger partial charge in [-0.2, -0.15) is 10.4 Å². The minimum atomic E-state index is -0.805. The Kier molecular flexibility index (Phi) is 7.45. The number of benzene rings is 3. The molecule has 0 aliphatic rings. The fourth-order valence-corrected chi connectivity index (χ4v) is 3.28. The van der Waals surface area contributed by atoms with Gasteiger partial charge in [0.05, 0.1) is 31.9 Å². The van der Waals surface area contributed by atoms with Crippen molar-refractivity contribution >= 4 is 40.4 Å². The van der Waals surface area contributed by atoms with Gasteiger partial charge < -0.3 is 4.74 Å². The third-order valence-corrected chi connectivity index (χ3v) is 5.06. The number of non-ortho nitro benzene ring substituents is 1. The summed E-state index contributed by atoms with van der Waals surface area (Å²) in [6, 6.07) is 16.7. The van der Waals surface area contributed by atoms with Crippen molar-refractivity contribution in [3.8, 4) is 11.8 Å². The molecule has 0 unspecified atom stereocenters. The molecule has 32 heavy (non-hydrogen) atoms. The van der Waals surface area contributed by atoms with E-state index in [1.54, 1.807) is 36.4 Å². The van der Waals surface area contributed by atoms with E-state index in [1.807, 2.05) is 0 Å². The Balaban J connectivity index is 1.58. The Bertz CT molecular complexity index is 1240. The Labute approximate surface area is 195 Å². The summed E-state index contributed by atoms with van der Waals surface area (Å²) in [6.07, 6.45) is 1.40. The number of halogens is 2. The number of ether oxygens (including phenoxy) is 1. The van der Waals surface area contributed by atoms with Crippen LogP contribution in [0.2, 0.25) is 0 Å². The number of carbonyl (C=O) groups is 1. The summed E-state index contributed by atoms with van der Waals surface area (Å²) in [7, 11) is 0. The van der Waals surface area contributed by atoms with E-state index in [1.165, 1.54) is 30.5 Å². The first-order valence-electron chi connectivity index (χ1n) is 9.06. The molecule has 1 amide bonds. The molecule has 0 aliphatic heterocycles. The van der Waals surface area contributed by atoms with Crippen LogP contribution in [-0.2, 0) is 6.61 Å². The van der Waals surface area contributed by atoms with Crippen molar-refractivity contribution in [3.05, 3.63) is 102 Å². The van der Waals surface area contributed by atoms with E-state index in [9.17, 15) is 19.3 Å². The molecule has 10 heteroatoms. The summed E-state index contributed by atoms with van der Waals surface area (Å²) in [5, 5.41) is 23.3. The first-order valence-corrected chi connectivity index (χ1v) is 10.1. The SMILES string of the molecule is N#Cc1ccc(C(=O)N/N=C\c2ccc(OCc3ccc([N+](=O)[O-])cc3)c(I)c2)c(F)c1. The standard InChI is InChI=1S/C22H14FIN4O4/c23-19-9-15(11-25)3-7-18(19)22(29)27-26-12-16-4-8-21(20(24)10-16)32-13-14-1-5-17(6-2-14)28(30)31/h1-10,12H,13H2,(H,27,29)/b26-12-. The Hall–Kier alpha value is -3.85. The predicted octanol–water partition coefficient (Wildman–Crippen LogP) is 4.55. The van der Waals surface area contributed by atoms with Gasteiger partial charge in [-0.25, -0.2) is 9.82 Å². The van der Waals surface area contributed by atoms with Crippen molar-refractivity contribution in [3.63, 3.8) is 0 Å². The molecule has 0 aromatic heterocycles. The van der Waals surface area contributed by atoms with Gasteiger partial charge >= 0.3 is 0 Å². The molecule has 0 saturated heterocycles. The number of nitrogens with one attached hydrogen (secondary N) is 1. The molecular weight excluding hydrogens is 530 g/mol. The minimum absolute atomic E-state index is 0.0148. The third-order valence-electron chi connectivity index (χ3n) is 4.22. The van der Waals surface area contributed by atoms with Gasteiger partial charge in [-0.15, -0.1) is 0 Å². The average molecular weight is 544 g/mol. The largest absolute Gasteiger partial charge is 0.488 e. The second-order valence-electron chi connectivity index (χ2n) is 6.41. The quantitative estimate of drug-likeness (QED) is 0.203. The zero-order valence-corrected chi connectivity index (χ0v) is 18.4. The molecule has 0 radical (unpaired) electrons. The third kappa shape index (κ3) is 5.86. The Morgan fingerprint density at radius 2 is 1.97 bits per heavy atom. The Morgan fingerprint density at radius 1 is 1.22 bits per heavy atom. The van der Waals surface area contributed by atoms with E-state index in [0.29, 0.717) is 11.3 Å². The highest BCUT2D eigenvalue weighted by molar-refractivity contribution is 14.1. The van der Waals surface area contributed by atoms with Crippen LogP contribution in [0.1, 0.15) is 27.0 Å². The fraction of sp³-hybridized carbons (Fsp3) is 0.0455. The molecular formula is C22H14FIN4O4. The second kappa shape index (κ2) is 10.5. The smallest absolute Gasteiger partial charge is 0.274 e. The maximum absolute atomic E-state index is 13.9. The van der Waals surface area contributed by atoms with Crippen molar-refractivity contribution in [1.29, 1.82) is 5.26 Å². The number of nitriles is 1. The highest BCUT2D eigenvalue weighted by Gasteiger charge is 2.11. The maximum atomic E-state index is 13.9. The van der Waals surface area contributed by atoms with Crippen LogP contribution < -0.4 is 10.2 Å². The van der Waals surface area contributed by atoms with Gasteiger partial charge in [0.2, 0.25) is 0 Å². The fourth-order valence-electron chi connectivity index (χ4n) is 2.58. The van der Waals surface area contributed by atoms with Crippen molar-refractivity contribution < 1.29 is 18.8 Å². The number of rotatable bonds is 7. The van der Waals surface area contributed by atoms with Gasteiger partial charge in [-0.3, -0.25) is 14.9 Å². The van der Waals surface area contributed by atoms with Gasteiger partial charge in [0, 0.05) is 12.1 Å². The van der Waals surface area contributed by atoms with E-state index in [0.717, 1.165) is 15.2 Å². The predicted molar refractivity (Wildman–Crippen MR) is 123 cm³/mol. The van der Waals surface area contributed by atoms with E-state index in [4.69, 9.17) is 10.00 Å². The number of hydrazone groups is 1. The van der Waals surface area contributed by atoms with Crippen LogP contribution in [0, 0.1) is 30.8 Å². The lowest BCUT2D eigenvalue weighted by molar-refractivity contribution is -0.384. The first-order chi connectivity index (χ1) is 15.4. The molecule has 0 bridgehead atoms. The van der Waals surface area contributed by atoms with Crippen molar-refractivity contribution in [2.24, 2.45) is 5.10 Å². The number of carbonyl (C=O) groups excluding carboxylic acids is 1. The molecule has 0 heterocycles. The van der Waals surface area contributed by atoms with Gasteiger partial charge in [-0.1, -0.05) is 0 Å². The lowest BCUT2D eigenvalue weighted by atomic mass is 10.1. The summed E-state index contributed by atoms with van der Waals surface area (Å²) in [5.41, 5.74) is 3.63.